The molecule has 0 heterocycles. The van der Waals surface area contributed by atoms with Crippen LogP contribution in [0.5, 0.6) is 0 Å². The molecule has 0 spiro atoms. The maximum absolute atomic E-state index is 12.0. The van der Waals surface area contributed by atoms with E-state index in [-0.39, 0.29) is 0 Å². The molecule has 0 aliphatic carbocycles. The number of hydrogen-bond donors (Lipinski definition) is 0. The Bertz CT molecular complexity index is 672. The molecule has 94 valence electrons. The summed E-state index contributed by atoms with van der Waals surface area (Å²) in [6, 6.07) is 13.4. The predicted octanol–water partition coefficient (Wildman–Crippen LogP) is 3.14. The zero-order valence-corrected chi connectivity index (χ0v) is 11.0. The maximum atomic E-state index is 12.0. The Hall–Kier alpha value is -1.81. The molecule has 2 aromatic rings. The van der Waals surface area contributed by atoms with Gasteiger partial charge in [-0.15, -0.1) is 0 Å². The van der Waals surface area contributed by atoms with Gasteiger partial charge in [0, 0.05) is 17.3 Å². The highest BCUT2D eigenvalue weighted by Crippen LogP contribution is 2.28. The van der Waals surface area contributed by atoms with Crippen molar-refractivity contribution >= 4 is 26.5 Å². The van der Waals surface area contributed by atoms with Gasteiger partial charge in [0.05, 0.1) is 5.69 Å². The number of sulfonamides is 1. The first-order valence-electron chi connectivity index (χ1n) is 5.73. The summed E-state index contributed by atoms with van der Waals surface area (Å²) >= 11 is 0. The van der Waals surface area contributed by atoms with Crippen LogP contribution in [-0.4, -0.2) is 15.0 Å². The van der Waals surface area contributed by atoms with Gasteiger partial charge in [-0.1, -0.05) is 43.0 Å². The fourth-order valence-corrected chi connectivity index (χ4v) is 2.98. The minimum Gasteiger partial charge on any atom is -0.266 e. The van der Waals surface area contributed by atoms with Gasteiger partial charge in [0.25, 0.3) is 10.0 Å². The lowest BCUT2D eigenvalue weighted by molar-refractivity contribution is 0.601. The molecule has 18 heavy (non-hydrogen) atoms. The molecule has 4 heteroatoms. The lowest BCUT2D eigenvalue weighted by atomic mass is 10.1. The van der Waals surface area contributed by atoms with E-state index in [2.05, 4.69) is 6.58 Å². The second-order valence-corrected chi connectivity index (χ2v) is 5.68. The summed E-state index contributed by atoms with van der Waals surface area (Å²) in [5, 5.41) is 2.93. The minimum absolute atomic E-state index is 0.377. The largest absolute Gasteiger partial charge is 0.266 e. The number of benzene rings is 2. The summed E-state index contributed by atoms with van der Waals surface area (Å²) in [4.78, 5) is 0. The van der Waals surface area contributed by atoms with Gasteiger partial charge in [-0.05, 0) is 18.4 Å². The highest BCUT2D eigenvalue weighted by Gasteiger charge is 2.18. The van der Waals surface area contributed by atoms with Gasteiger partial charge < -0.3 is 0 Å². The third-order valence-corrected chi connectivity index (χ3v) is 4.33. The molecule has 0 aromatic heterocycles. The van der Waals surface area contributed by atoms with Crippen LogP contribution >= 0.6 is 0 Å². The molecular formula is C14H15NO2S. The Balaban J connectivity index is 2.70. The highest BCUT2D eigenvalue weighted by molar-refractivity contribution is 7.95. The van der Waals surface area contributed by atoms with Gasteiger partial charge in [-0.25, -0.2) is 8.42 Å². The average molecular weight is 261 g/mol. The van der Waals surface area contributed by atoms with Crippen LogP contribution < -0.4 is 4.31 Å². The molecular weight excluding hydrogens is 246 g/mol. The van der Waals surface area contributed by atoms with E-state index in [1.54, 1.807) is 0 Å². The second-order valence-electron chi connectivity index (χ2n) is 3.87. The van der Waals surface area contributed by atoms with E-state index in [1.807, 2.05) is 49.4 Å². The number of anilines is 1. The molecule has 0 amide bonds. The number of fused-ring (bicyclic) bond motifs is 1. The quantitative estimate of drug-likeness (QED) is 0.848. The van der Waals surface area contributed by atoms with E-state index >= 15 is 0 Å². The van der Waals surface area contributed by atoms with Crippen LogP contribution in [0, 0.1) is 0 Å². The van der Waals surface area contributed by atoms with Gasteiger partial charge in [0.2, 0.25) is 0 Å². The van der Waals surface area contributed by atoms with Crippen molar-refractivity contribution in [2.24, 2.45) is 0 Å². The van der Waals surface area contributed by atoms with E-state index in [1.165, 1.54) is 4.31 Å². The molecule has 2 rings (SSSR count). The number of hydrogen-bond acceptors (Lipinski definition) is 2. The van der Waals surface area contributed by atoms with Gasteiger partial charge in [-0.2, -0.15) is 0 Å². The summed E-state index contributed by atoms with van der Waals surface area (Å²) in [5.41, 5.74) is 0.690. The predicted molar refractivity (Wildman–Crippen MR) is 76.1 cm³/mol. The molecule has 0 unspecified atom stereocenters. The topological polar surface area (TPSA) is 37.4 Å². The molecule has 0 saturated carbocycles. The first-order chi connectivity index (χ1) is 8.60. The van der Waals surface area contributed by atoms with Crippen LogP contribution in [0.25, 0.3) is 10.8 Å². The monoisotopic (exact) mass is 261 g/mol. The van der Waals surface area contributed by atoms with Gasteiger partial charge in [-0.3, -0.25) is 4.31 Å². The van der Waals surface area contributed by atoms with Crippen molar-refractivity contribution in [3.8, 4) is 0 Å². The van der Waals surface area contributed by atoms with Crippen LogP contribution in [0.2, 0.25) is 0 Å². The first-order valence-corrected chi connectivity index (χ1v) is 7.23. The van der Waals surface area contributed by atoms with Gasteiger partial charge in [0.1, 0.15) is 0 Å². The molecule has 0 saturated heterocycles. The van der Waals surface area contributed by atoms with Crippen LogP contribution in [0.15, 0.2) is 54.5 Å². The lowest BCUT2D eigenvalue weighted by Crippen LogP contribution is -2.28. The van der Waals surface area contributed by atoms with E-state index < -0.39 is 10.0 Å². The molecule has 0 aliphatic rings. The molecule has 0 fully saturated rings. The third kappa shape index (κ3) is 2.11. The fourth-order valence-electron chi connectivity index (χ4n) is 2.00. The first kappa shape index (κ1) is 12.6. The van der Waals surface area contributed by atoms with Gasteiger partial charge >= 0.3 is 0 Å². The van der Waals surface area contributed by atoms with Crippen LogP contribution in [0.1, 0.15) is 6.92 Å². The van der Waals surface area contributed by atoms with Crippen molar-refractivity contribution in [2.45, 2.75) is 6.92 Å². The lowest BCUT2D eigenvalue weighted by Gasteiger charge is -2.22. The van der Waals surface area contributed by atoms with E-state index in [0.717, 1.165) is 16.2 Å². The maximum Gasteiger partial charge on any atom is 0.256 e. The normalized spacial score (nSPS) is 11.4. The summed E-state index contributed by atoms with van der Waals surface area (Å²) < 4.78 is 25.3. The summed E-state index contributed by atoms with van der Waals surface area (Å²) in [7, 11) is -3.46. The summed E-state index contributed by atoms with van der Waals surface area (Å²) in [5.74, 6) is 0. The number of nitrogens with zero attached hydrogens (tertiary/aromatic N) is 1. The van der Waals surface area contributed by atoms with Crippen LogP contribution in [0.3, 0.4) is 0 Å². The van der Waals surface area contributed by atoms with Crippen molar-refractivity contribution in [3.05, 3.63) is 54.5 Å². The van der Waals surface area contributed by atoms with Crippen LogP contribution in [-0.2, 0) is 10.0 Å². The second kappa shape index (κ2) is 4.82. The summed E-state index contributed by atoms with van der Waals surface area (Å²) in [6.07, 6.45) is 0. The molecule has 0 atom stereocenters. The summed E-state index contributed by atoms with van der Waals surface area (Å²) in [6.45, 7) is 5.56. The zero-order valence-electron chi connectivity index (χ0n) is 10.2. The molecule has 3 nitrogen and oxygen atoms in total. The highest BCUT2D eigenvalue weighted by atomic mass is 32.2. The number of rotatable bonds is 4. The molecule has 0 radical (unpaired) electrons. The average Bonchev–Trinajstić information content (AvgIpc) is 2.39. The Labute approximate surface area is 107 Å². The zero-order chi connectivity index (χ0) is 13.2. The smallest absolute Gasteiger partial charge is 0.256 e. The molecule has 0 aliphatic heterocycles. The van der Waals surface area contributed by atoms with Crippen LogP contribution in [0.4, 0.5) is 5.69 Å². The molecule has 2 aromatic carbocycles. The van der Waals surface area contributed by atoms with Crippen molar-refractivity contribution in [3.63, 3.8) is 0 Å². The SMILES string of the molecule is C=CS(=O)(=O)N(CC)c1cccc2ccccc12. The molecule has 0 bridgehead atoms. The Morgan fingerprint density at radius 3 is 2.50 bits per heavy atom. The standard InChI is InChI=1S/C14H15NO2S/c1-3-15(18(16,17)4-2)14-11-7-9-12-8-5-6-10-13(12)14/h4-11H,2-3H2,1H3. The van der Waals surface area contributed by atoms with Crippen molar-refractivity contribution in [1.29, 1.82) is 0 Å². The third-order valence-electron chi connectivity index (χ3n) is 2.84. The van der Waals surface area contributed by atoms with Crippen molar-refractivity contribution < 1.29 is 8.42 Å². The van der Waals surface area contributed by atoms with E-state index in [9.17, 15) is 8.42 Å². The van der Waals surface area contributed by atoms with Crippen molar-refractivity contribution in [2.75, 3.05) is 10.8 Å². The minimum atomic E-state index is -3.46. The van der Waals surface area contributed by atoms with Gasteiger partial charge in [0.15, 0.2) is 0 Å². The van der Waals surface area contributed by atoms with Crippen molar-refractivity contribution in [1.82, 2.24) is 0 Å². The van der Waals surface area contributed by atoms with E-state index in [4.69, 9.17) is 0 Å². The fraction of sp³-hybridized carbons (Fsp3) is 0.143. The Morgan fingerprint density at radius 1 is 1.17 bits per heavy atom. The Morgan fingerprint density at radius 2 is 1.83 bits per heavy atom. The van der Waals surface area contributed by atoms with E-state index in [0.29, 0.717) is 12.2 Å². The molecule has 0 N–H and O–H groups in total. The Kier molecular flexibility index (Phi) is 3.39.